The van der Waals surface area contributed by atoms with E-state index in [1.54, 1.807) is 24.5 Å². The first-order valence-electron chi connectivity index (χ1n) is 8.16. The fraction of sp³-hybridized carbons (Fsp3) is 0.0556. The van der Waals surface area contributed by atoms with Gasteiger partial charge in [0.2, 0.25) is 0 Å². The number of hydrogen-bond donors (Lipinski definition) is 1. The maximum atomic E-state index is 12.5. The molecule has 0 aliphatic rings. The zero-order valence-electron chi connectivity index (χ0n) is 14.6. The lowest BCUT2D eigenvalue weighted by molar-refractivity contribution is 0.102. The maximum Gasteiger partial charge on any atom is 0.258 e. The number of rotatable bonds is 4. The number of carbonyl (C=O) groups is 1. The van der Waals surface area contributed by atoms with E-state index >= 15 is 0 Å². The molecule has 0 saturated heterocycles. The van der Waals surface area contributed by atoms with Crippen LogP contribution < -0.4 is 5.32 Å². The second-order valence-electron chi connectivity index (χ2n) is 5.95. The molecule has 0 saturated carbocycles. The van der Waals surface area contributed by atoms with Gasteiger partial charge in [0.1, 0.15) is 0 Å². The predicted octanol–water partition coefficient (Wildman–Crippen LogP) is 1.84. The Bertz CT molecular complexity index is 1290. The van der Waals surface area contributed by atoms with Gasteiger partial charge in [-0.3, -0.25) is 15.1 Å². The van der Waals surface area contributed by atoms with Crippen LogP contribution in [0.25, 0.3) is 17.2 Å². The molecule has 1 aromatic carbocycles. The van der Waals surface area contributed by atoms with E-state index in [1.807, 2.05) is 12.1 Å². The van der Waals surface area contributed by atoms with E-state index in [0.29, 0.717) is 17.2 Å². The van der Waals surface area contributed by atoms with Crippen molar-refractivity contribution < 1.29 is 13.2 Å². The van der Waals surface area contributed by atoms with Crippen LogP contribution in [0.2, 0.25) is 0 Å². The van der Waals surface area contributed by atoms with Crippen molar-refractivity contribution >= 4 is 27.5 Å². The van der Waals surface area contributed by atoms with Gasteiger partial charge in [-0.2, -0.15) is 9.50 Å². The molecule has 10 heteroatoms. The molecule has 0 aliphatic carbocycles. The number of nitrogens with zero attached hydrogens (tertiary/aromatic N) is 5. The molecule has 0 radical (unpaired) electrons. The Morgan fingerprint density at radius 1 is 1.04 bits per heavy atom. The summed E-state index contributed by atoms with van der Waals surface area (Å²) < 4.78 is 24.8. The van der Waals surface area contributed by atoms with Crippen LogP contribution in [0.4, 0.5) is 5.95 Å². The first-order valence-corrected chi connectivity index (χ1v) is 10.1. The SMILES string of the molecule is CS(=O)(=O)c1cccc(C(=O)Nc2nc3nccc(-c4ccccn4)n3n2)c1. The number of carbonyl (C=O) groups excluding carboxylic acids is 1. The average molecular weight is 394 g/mol. The van der Waals surface area contributed by atoms with Gasteiger partial charge in [0.25, 0.3) is 17.6 Å². The topological polar surface area (TPSA) is 119 Å². The molecule has 0 unspecified atom stereocenters. The Hall–Kier alpha value is -3.66. The highest BCUT2D eigenvalue weighted by Gasteiger charge is 2.15. The zero-order valence-corrected chi connectivity index (χ0v) is 15.5. The van der Waals surface area contributed by atoms with Crippen LogP contribution in [0.15, 0.2) is 65.8 Å². The summed E-state index contributed by atoms with van der Waals surface area (Å²) in [5, 5.41) is 6.85. The van der Waals surface area contributed by atoms with E-state index in [4.69, 9.17) is 0 Å². The minimum atomic E-state index is -3.42. The second-order valence-corrected chi connectivity index (χ2v) is 7.96. The van der Waals surface area contributed by atoms with Crippen molar-refractivity contribution in [1.29, 1.82) is 0 Å². The second kappa shape index (κ2) is 6.82. The molecular weight excluding hydrogens is 380 g/mol. The third-order valence-electron chi connectivity index (χ3n) is 3.92. The maximum absolute atomic E-state index is 12.5. The van der Waals surface area contributed by atoms with E-state index in [1.165, 1.54) is 28.8 Å². The van der Waals surface area contributed by atoms with E-state index in [0.717, 1.165) is 6.26 Å². The summed E-state index contributed by atoms with van der Waals surface area (Å²) in [5.74, 6) is -0.185. The van der Waals surface area contributed by atoms with Crippen molar-refractivity contribution in [2.75, 3.05) is 11.6 Å². The molecule has 9 nitrogen and oxygen atoms in total. The molecule has 140 valence electrons. The van der Waals surface area contributed by atoms with Crippen LogP contribution in [0.5, 0.6) is 0 Å². The summed E-state index contributed by atoms with van der Waals surface area (Å²) in [7, 11) is -3.42. The summed E-state index contributed by atoms with van der Waals surface area (Å²) in [5.41, 5.74) is 1.52. The van der Waals surface area contributed by atoms with Crippen molar-refractivity contribution in [1.82, 2.24) is 24.6 Å². The molecule has 3 heterocycles. The van der Waals surface area contributed by atoms with Crippen molar-refractivity contribution in [3.05, 3.63) is 66.5 Å². The summed E-state index contributed by atoms with van der Waals surface area (Å²) in [4.78, 5) is 25.2. The van der Waals surface area contributed by atoms with Crippen LogP contribution >= 0.6 is 0 Å². The quantitative estimate of drug-likeness (QED) is 0.561. The highest BCUT2D eigenvalue weighted by Crippen LogP contribution is 2.18. The summed E-state index contributed by atoms with van der Waals surface area (Å²) in [6.07, 6.45) is 4.32. The molecule has 1 N–H and O–H groups in total. The lowest BCUT2D eigenvalue weighted by atomic mass is 10.2. The number of fused-ring (bicyclic) bond motifs is 1. The van der Waals surface area contributed by atoms with Crippen molar-refractivity contribution in [2.45, 2.75) is 4.90 Å². The first-order chi connectivity index (χ1) is 13.4. The third kappa shape index (κ3) is 3.45. The van der Waals surface area contributed by atoms with E-state index in [9.17, 15) is 13.2 Å². The fourth-order valence-electron chi connectivity index (χ4n) is 2.60. The number of nitrogens with one attached hydrogen (secondary N) is 1. The molecule has 4 rings (SSSR count). The lowest BCUT2D eigenvalue weighted by Crippen LogP contribution is -2.14. The Morgan fingerprint density at radius 2 is 1.89 bits per heavy atom. The van der Waals surface area contributed by atoms with Crippen molar-refractivity contribution in [3.63, 3.8) is 0 Å². The number of amides is 1. The number of hydrogen-bond acceptors (Lipinski definition) is 7. The average Bonchev–Trinajstić information content (AvgIpc) is 3.10. The standard InChI is InChI=1S/C18H14N6O3S/c1-28(26,27)13-6-4-5-12(11-13)16(25)21-17-22-18-20-10-8-15(24(18)23-17)14-7-2-3-9-19-14/h2-11H,1H3,(H,21,23,25). The van der Waals surface area contributed by atoms with E-state index in [2.05, 4.69) is 25.4 Å². The smallest absolute Gasteiger partial charge is 0.258 e. The highest BCUT2D eigenvalue weighted by molar-refractivity contribution is 7.90. The molecule has 3 aromatic heterocycles. The highest BCUT2D eigenvalue weighted by atomic mass is 32.2. The van der Waals surface area contributed by atoms with Gasteiger partial charge in [-0.1, -0.05) is 12.1 Å². The van der Waals surface area contributed by atoms with Gasteiger partial charge in [-0.25, -0.2) is 13.4 Å². The molecule has 0 bridgehead atoms. The zero-order chi connectivity index (χ0) is 19.7. The molecule has 0 spiro atoms. The van der Waals surface area contributed by atoms with E-state index < -0.39 is 15.7 Å². The predicted molar refractivity (Wildman–Crippen MR) is 102 cm³/mol. The molecular formula is C18H14N6O3S. The number of sulfone groups is 1. The van der Waals surface area contributed by atoms with Gasteiger partial charge in [0.15, 0.2) is 9.84 Å². The summed E-state index contributed by atoms with van der Waals surface area (Å²) in [6.45, 7) is 0. The third-order valence-corrected chi connectivity index (χ3v) is 5.03. The number of anilines is 1. The number of benzene rings is 1. The lowest BCUT2D eigenvalue weighted by Gasteiger charge is -2.03. The van der Waals surface area contributed by atoms with Gasteiger partial charge in [0, 0.05) is 24.2 Å². The Labute approximate surface area is 160 Å². The van der Waals surface area contributed by atoms with Gasteiger partial charge in [-0.15, -0.1) is 5.10 Å². The Balaban J connectivity index is 1.67. The molecule has 4 aromatic rings. The van der Waals surface area contributed by atoms with Crippen LogP contribution in [0, 0.1) is 0 Å². The Morgan fingerprint density at radius 3 is 2.64 bits per heavy atom. The first kappa shape index (κ1) is 17.7. The molecule has 1 amide bonds. The largest absolute Gasteiger partial charge is 0.289 e. The molecule has 0 fully saturated rings. The summed E-state index contributed by atoms with van der Waals surface area (Å²) in [6, 6.07) is 13.0. The van der Waals surface area contributed by atoms with Gasteiger partial charge >= 0.3 is 0 Å². The molecule has 28 heavy (non-hydrogen) atoms. The van der Waals surface area contributed by atoms with Crippen LogP contribution in [-0.4, -0.2) is 45.1 Å². The number of aromatic nitrogens is 5. The van der Waals surface area contributed by atoms with Gasteiger partial charge in [0.05, 0.1) is 16.3 Å². The van der Waals surface area contributed by atoms with Gasteiger partial charge < -0.3 is 0 Å². The minimum Gasteiger partial charge on any atom is -0.289 e. The molecule has 0 aliphatic heterocycles. The van der Waals surface area contributed by atoms with E-state index in [-0.39, 0.29) is 16.4 Å². The van der Waals surface area contributed by atoms with Gasteiger partial charge in [-0.05, 0) is 36.4 Å². The normalized spacial score (nSPS) is 11.5. The van der Waals surface area contributed by atoms with Crippen LogP contribution in [0.3, 0.4) is 0 Å². The minimum absolute atomic E-state index is 0.0469. The summed E-state index contributed by atoms with van der Waals surface area (Å²) >= 11 is 0. The Kier molecular flexibility index (Phi) is 4.32. The monoisotopic (exact) mass is 394 g/mol. The van der Waals surface area contributed by atoms with Crippen LogP contribution in [-0.2, 0) is 9.84 Å². The van der Waals surface area contributed by atoms with Crippen molar-refractivity contribution in [2.24, 2.45) is 0 Å². The van der Waals surface area contributed by atoms with Crippen molar-refractivity contribution in [3.8, 4) is 11.4 Å². The molecule has 0 atom stereocenters. The van der Waals surface area contributed by atoms with Crippen LogP contribution in [0.1, 0.15) is 10.4 Å². The fourth-order valence-corrected chi connectivity index (χ4v) is 3.26. The number of pyridine rings is 1.